The fourth-order valence-electron chi connectivity index (χ4n) is 5.31. The average Bonchev–Trinajstić information content (AvgIpc) is 2.98. The Bertz CT molecular complexity index is 905. The second-order valence-electron chi connectivity index (χ2n) is 9.30. The lowest BCUT2D eigenvalue weighted by atomic mass is 9.98. The molecule has 3 atom stereocenters. The van der Waals surface area contributed by atoms with E-state index in [1.165, 1.54) is 4.90 Å². The first-order valence-electron chi connectivity index (χ1n) is 11.3. The summed E-state index contributed by atoms with van der Waals surface area (Å²) >= 11 is 0. The number of amides is 2. The number of rotatable bonds is 6. The summed E-state index contributed by atoms with van der Waals surface area (Å²) in [7, 11) is -2.46. The summed E-state index contributed by atoms with van der Waals surface area (Å²) in [5.41, 5.74) is 0.839. The number of benzene rings is 1. The van der Waals surface area contributed by atoms with Gasteiger partial charge >= 0.3 is 5.97 Å². The molecule has 182 valence electrons. The van der Waals surface area contributed by atoms with Crippen molar-refractivity contribution in [2.45, 2.75) is 43.0 Å². The fourth-order valence-corrected chi connectivity index (χ4v) is 9.62. The molecule has 3 saturated heterocycles. The highest BCUT2D eigenvalue weighted by atomic mass is 32.3. The van der Waals surface area contributed by atoms with E-state index in [0.717, 1.165) is 5.56 Å². The van der Waals surface area contributed by atoms with E-state index >= 15 is 0 Å². The van der Waals surface area contributed by atoms with Gasteiger partial charge in [-0.15, -0.1) is 10.0 Å². The molecule has 3 heterocycles. The second-order valence-corrected chi connectivity index (χ2v) is 13.1. The van der Waals surface area contributed by atoms with Crippen LogP contribution in [0.1, 0.15) is 25.8 Å². The summed E-state index contributed by atoms with van der Waals surface area (Å²) in [6.07, 6.45) is 0.165. The molecule has 0 radical (unpaired) electrons. The lowest BCUT2D eigenvalue weighted by molar-refractivity contribution is -0.162. The molecule has 3 fully saturated rings. The molecule has 1 aromatic rings. The monoisotopic (exact) mass is 479 g/mol. The lowest BCUT2D eigenvalue weighted by Gasteiger charge is -2.52. The first kappa shape index (κ1) is 24.0. The standard InChI is InChI=1S/C23H33N3O6S/c1-23(2)20(21(30)32-15-17-6-4-3-5-7-17)26-18(29)14-19(26)33(23,16-28)22(31)25-10-8-24(9-11-25)12-13-27/h3-7,19-20,27-28H,8-16H2,1-2H3/t19-,20+/m1/s1. The number of fused-ring (bicyclic) bond motifs is 1. The number of β-lactam (4-membered cyclic amide) rings is 1. The van der Waals surface area contributed by atoms with Crippen molar-refractivity contribution in [2.75, 3.05) is 45.3 Å². The Balaban J connectivity index is 1.57. The molecule has 9 nitrogen and oxygen atoms in total. The van der Waals surface area contributed by atoms with Gasteiger partial charge in [0, 0.05) is 37.5 Å². The number of nitrogens with zero attached hydrogens (tertiary/aromatic N) is 3. The lowest BCUT2D eigenvalue weighted by Crippen LogP contribution is -2.57. The van der Waals surface area contributed by atoms with Gasteiger partial charge in [0.05, 0.1) is 24.3 Å². The maximum absolute atomic E-state index is 13.9. The summed E-state index contributed by atoms with van der Waals surface area (Å²) in [6, 6.07) is 8.40. The highest BCUT2D eigenvalue weighted by molar-refractivity contribution is 8.46. The normalized spacial score (nSPS) is 30.8. The zero-order valence-electron chi connectivity index (χ0n) is 19.2. The Morgan fingerprint density at radius 2 is 1.79 bits per heavy atom. The van der Waals surface area contributed by atoms with Crippen molar-refractivity contribution in [2.24, 2.45) is 0 Å². The van der Waals surface area contributed by atoms with E-state index < -0.39 is 32.2 Å². The average molecular weight is 480 g/mol. The molecule has 1 unspecified atom stereocenters. The number of aliphatic hydroxyl groups excluding tert-OH is 2. The van der Waals surface area contributed by atoms with Gasteiger partial charge in [-0.05, 0) is 19.4 Å². The molecule has 1 aromatic carbocycles. The Labute approximate surface area is 195 Å². The molecule has 0 aromatic heterocycles. The topological polar surface area (TPSA) is 111 Å². The first-order chi connectivity index (χ1) is 15.8. The van der Waals surface area contributed by atoms with Gasteiger partial charge in [0.2, 0.25) is 5.91 Å². The molecule has 2 N–H and O–H groups in total. The summed E-state index contributed by atoms with van der Waals surface area (Å²) in [4.78, 5) is 45.1. The van der Waals surface area contributed by atoms with E-state index in [-0.39, 0.29) is 36.7 Å². The van der Waals surface area contributed by atoms with E-state index in [9.17, 15) is 24.6 Å². The molecular weight excluding hydrogens is 446 g/mol. The fraction of sp³-hybridized carbons (Fsp3) is 0.609. The summed E-state index contributed by atoms with van der Waals surface area (Å²) in [5, 5.41) is 19.2. The number of β-amino-alcohol motifs (C(OH)–C–C–N with tert-alkyl or cyclic N) is 1. The van der Waals surface area contributed by atoms with Crippen LogP contribution in [-0.4, -0.2) is 103 Å². The van der Waals surface area contributed by atoms with Gasteiger partial charge in [0.25, 0.3) is 5.24 Å². The maximum atomic E-state index is 13.9. The zero-order chi connectivity index (χ0) is 23.8. The van der Waals surface area contributed by atoms with Gasteiger partial charge in [-0.1, -0.05) is 30.3 Å². The third-order valence-corrected chi connectivity index (χ3v) is 12.0. The number of piperazine rings is 1. The number of carbonyl (C=O) groups is 3. The maximum Gasteiger partial charge on any atom is 0.330 e. The Morgan fingerprint density at radius 1 is 1.12 bits per heavy atom. The zero-order valence-corrected chi connectivity index (χ0v) is 20.0. The molecule has 3 aliphatic rings. The number of ether oxygens (including phenoxy) is 1. The molecule has 0 spiro atoms. The van der Waals surface area contributed by atoms with Crippen molar-refractivity contribution in [3.05, 3.63) is 35.9 Å². The van der Waals surface area contributed by atoms with Crippen LogP contribution in [0.5, 0.6) is 0 Å². The number of esters is 1. The van der Waals surface area contributed by atoms with Crippen LogP contribution in [0.25, 0.3) is 0 Å². The van der Waals surface area contributed by atoms with Crippen molar-refractivity contribution >= 4 is 27.1 Å². The van der Waals surface area contributed by atoms with Crippen LogP contribution in [-0.2, 0) is 20.9 Å². The quantitative estimate of drug-likeness (QED) is 0.461. The van der Waals surface area contributed by atoms with Gasteiger partial charge < -0.3 is 24.7 Å². The third-order valence-electron chi connectivity index (χ3n) is 7.30. The van der Waals surface area contributed by atoms with Gasteiger partial charge in [0.1, 0.15) is 12.6 Å². The SMILES string of the molecule is CC1(C)[C@H](C(=O)OCc2ccccc2)N2C(=O)C[C@H]2S1(CO)C(=O)N1CCN(CCO)CC1. The number of aliphatic hydroxyl groups is 2. The molecule has 2 amide bonds. The summed E-state index contributed by atoms with van der Waals surface area (Å²) < 4.78 is 4.66. The molecule has 10 heteroatoms. The van der Waals surface area contributed by atoms with Crippen LogP contribution < -0.4 is 0 Å². The molecular formula is C23H33N3O6S. The minimum absolute atomic E-state index is 0.0682. The number of carbonyl (C=O) groups excluding carboxylic acids is 3. The van der Waals surface area contributed by atoms with E-state index in [1.54, 1.807) is 4.90 Å². The van der Waals surface area contributed by atoms with Crippen LogP contribution in [0.3, 0.4) is 0 Å². The second kappa shape index (κ2) is 9.25. The third kappa shape index (κ3) is 3.82. The van der Waals surface area contributed by atoms with E-state index in [2.05, 4.69) is 4.90 Å². The van der Waals surface area contributed by atoms with Crippen LogP contribution >= 0.6 is 10.0 Å². The molecule has 3 aliphatic heterocycles. The van der Waals surface area contributed by atoms with Gasteiger partial charge in [0.15, 0.2) is 0 Å². The minimum Gasteiger partial charge on any atom is -0.459 e. The van der Waals surface area contributed by atoms with Crippen molar-refractivity contribution in [1.29, 1.82) is 0 Å². The van der Waals surface area contributed by atoms with Gasteiger partial charge in [-0.3, -0.25) is 14.5 Å². The Kier molecular flexibility index (Phi) is 6.73. The predicted octanol–water partition coefficient (Wildman–Crippen LogP) is 0.933. The van der Waals surface area contributed by atoms with Crippen LogP contribution in [0, 0.1) is 0 Å². The van der Waals surface area contributed by atoms with Gasteiger partial charge in [-0.2, -0.15) is 0 Å². The Hall–Kier alpha value is -2.14. The Morgan fingerprint density at radius 3 is 2.36 bits per heavy atom. The predicted molar refractivity (Wildman–Crippen MR) is 125 cm³/mol. The summed E-state index contributed by atoms with van der Waals surface area (Å²) in [5.74, 6) is -1.09. The number of hydrogen-bond donors (Lipinski definition) is 2. The molecule has 0 aliphatic carbocycles. The molecule has 4 rings (SSSR count). The van der Waals surface area contributed by atoms with Crippen LogP contribution in [0.4, 0.5) is 4.79 Å². The largest absolute Gasteiger partial charge is 0.459 e. The number of hydrogen-bond acceptors (Lipinski definition) is 7. The van der Waals surface area contributed by atoms with E-state index in [1.807, 2.05) is 44.2 Å². The molecule has 0 saturated carbocycles. The first-order valence-corrected chi connectivity index (χ1v) is 13.2. The summed E-state index contributed by atoms with van der Waals surface area (Å²) in [6.45, 7) is 6.62. The highest BCUT2D eigenvalue weighted by Gasteiger charge is 2.72. The minimum atomic E-state index is -2.46. The van der Waals surface area contributed by atoms with E-state index in [4.69, 9.17) is 4.74 Å². The molecule has 33 heavy (non-hydrogen) atoms. The van der Waals surface area contributed by atoms with Crippen molar-refractivity contribution in [1.82, 2.24) is 14.7 Å². The van der Waals surface area contributed by atoms with Crippen molar-refractivity contribution in [3.63, 3.8) is 0 Å². The van der Waals surface area contributed by atoms with Crippen LogP contribution in [0.15, 0.2) is 30.3 Å². The molecule has 0 bridgehead atoms. The highest BCUT2D eigenvalue weighted by Crippen LogP contribution is 2.74. The van der Waals surface area contributed by atoms with Gasteiger partial charge in [-0.25, -0.2) is 4.79 Å². The van der Waals surface area contributed by atoms with Crippen LogP contribution in [0.2, 0.25) is 0 Å². The van der Waals surface area contributed by atoms with Crippen molar-refractivity contribution in [3.8, 4) is 0 Å². The van der Waals surface area contributed by atoms with E-state index in [0.29, 0.717) is 32.7 Å². The van der Waals surface area contributed by atoms with Crippen molar-refractivity contribution < 1.29 is 29.3 Å². The smallest absolute Gasteiger partial charge is 0.330 e.